The van der Waals surface area contributed by atoms with E-state index >= 15 is 0 Å². The van der Waals surface area contributed by atoms with Crippen LogP contribution in [0.3, 0.4) is 0 Å². The van der Waals surface area contributed by atoms with Crippen LogP contribution in [0.15, 0.2) is 114 Å². The molecule has 0 radical (unpaired) electrons. The van der Waals surface area contributed by atoms with Gasteiger partial charge in [-0.15, -0.1) is 0 Å². The Bertz CT molecular complexity index is 1770. The molecule has 0 aromatic heterocycles. The number of rotatable bonds is 9. The Kier molecular flexibility index (Phi) is 9.78. The van der Waals surface area contributed by atoms with E-state index in [1.807, 2.05) is 79.7 Å². The van der Waals surface area contributed by atoms with Gasteiger partial charge in [-0.05, 0) is 72.2 Å². The van der Waals surface area contributed by atoms with Crippen molar-refractivity contribution in [3.8, 4) is 11.5 Å². The largest absolute Gasteiger partial charge is 0.457 e. The van der Waals surface area contributed by atoms with Gasteiger partial charge in [-0.3, -0.25) is 14.4 Å². The zero-order valence-electron chi connectivity index (χ0n) is 28.2. The Morgan fingerprint density at radius 1 is 0.857 bits per heavy atom. The summed E-state index contributed by atoms with van der Waals surface area (Å²) in [6, 6.07) is 22.7. The topological polar surface area (TPSA) is 79.0 Å². The van der Waals surface area contributed by atoms with Gasteiger partial charge >= 0.3 is 0 Å². The van der Waals surface area contributed by atoms with E-state index in [4.69, 9.17) is 4.74 Å². The van der Waals surface area contributed by atoms with Gasteiger partial charge in [-0.2, -0.15) is 0 Å². The van der Waals surface area contributed by atoms with Gasteiger partial charge in [0, 0.05) is 19.5 Å². The van der Waals surface area contributed by atoms with Crippen molar-refractivity contribution in [3.05, 3.63) is 131 Å². The van der Waals surface area contributed by atoms with E-state index in [-0.39, 0.29) is 17.7 Å². The highest BCUT2D eigenvalue weighted by molar-refractivity contribution is 6.00. The van der Waals surface area contributed by atoms with Crippen molar-refractivity contribution in [1.29, 1.82) is 0 Å². The third-order valence-corrected chi connectivity index (χ3v) is 10.5. The van der Waals surface area contributed by atoms with E-state index < -0.39 is 18.1 Å². The molecule has 3 amide bonds. The monoisotopic (exact) mass is 655 g/mol. The van der Waals surface area contributed by atoms with Gasteiger partial charge in [-0.25, -0.2) is 0 Å². The summed E-state index contributed by atoms with van der Waals surface area (Å²) in [5, 5.41) is 3.17. The molecule has 7 heteroatoms. The molecule has 0 spiro atoms. The first-order chi connectivity index (χ1) is 23.9. The Morgan fingerprint density at radius 3 is 2.35 bits per heavy atom. The molecule has 2 aliphatic heterocycles. The molecule has 3 aromatic rings. The average Bonchev–Trinajstić information content (AvgIpc) is 3.35. The van der Waals surface area contributed by atoms with E-state index in [0.29, 0.717) is 48.9 Å². The molecule has 49 heavy (non-hydrogen) atoms. The minimum absolute atomic E-state index is 0.0521. The lowest BCUT2D eigenvalue weighted by Crippen LogP contribution is -2.67. The van der Waals surface area contributed by atoms with Gasteiger partial charge in [0.2, 0.25) is 17.7 Å². The molecule has 1 saturated heterocycles. The summed E-state index contributed by atoms with van der Waals surface area (Å²) in [6.07, 6.45) is 15.5. The number of nitrogens with zero attached hydrogens (tertiary/aromatic N) is 2. The second kappa shape index (κ2) is 14.7. The number of fused-ring (bicyclic) bond motifs is 2. The van der Waals surface area contributed by atoms with E-state index in [2.05, 4.69) is 35.7 Å². The smallest absolute Gasteiger partial charge is 0.247 e. The molecular formula is C42H45N3O4. The standard InChI is InChI=1S/C42H45N3O4/c1-29-11-10-14-31(20-19-29)27-43-40(46)39(32-21-23-36(24-22-32)49-35-17-6-3-7-18-35)45-38(25-30-12-4-2-5-13-30)41(47)44-28-34-16-9-8-15-33(34)26-37(44)42(45)48/h3,6-11,15-24,30,37-39H,2,4-5,12-14,25-28H2,1H3,(H,43,46)/t37-,38-,39?/m0/s1. The summed E-state index contributed by atoms with van der Waals surface area (Å²) in [4.78, 5) is 47.5. The highest BCUT2D eigenvalue weighted by Crippen LogP contribution is 2.39. The number of allylic oxidation sites excluding steroid dienone is 5. The van der Waals surface area contributed by atoms with Gasteiger partial charge in [0.05, 0.1) is 0 Å². The lowest BCUT2D eigenvalue weighted by molar-refractivity contribution is -0.169. The van der Waals surface area contributed by atoms with E-state index in [1.165, 1.54) is 6.42 Å². The number of piperazine rings is 1. The summed E-state index contributed by atoms with van der Waals surface area (Å²) >= 11 is 0. The minimum Gasteiger partial charge on any atom is -0.457 e. The van der Waals surface area contributed by atoms with E-state index in [0.717, 1.165) is 54.4 Å². The van der Waals surface area contributed by atoms with Crippen molar-refractivity contribution >= 4 is 17.7 Å². The van der Waals surface area contributed by atoms with Crippen molar-refractivity contribution in [3.63, 3.8) is 0 Å². The second-order valence-corrected chi connectivity index (χ2v) is 13.9. The fraction of sp³-hybridized carbons (Fsp3) is 0.357. The lowest BCUT2D eigenvalue weighted by atomic mass is 9.81. The molecule has 2 fully saturated rings. The Hall–Kier alpha value is -4.91. The minimum atomic E-state index is -0.977. The number of ether oxygens (including phenoxy) is 1. The Balaban J connectivity index is 1.25. The van der Waals surface area contributed by atoms with Crippen LogP contribution in [-0.2, 0) is 27.3 Å². The fourth-order valence-corrected chi connectivity index (χ4v) is 7.85. The third-order valence-electron chi connectivity index (χ3n) is 10.5. The normalized spacial score (nSPS) is 21.6. The van der Waals surface area contributed by atoms with Crippen LogP contribution in [0.1, 0.15) is 74.6 Å². The number of carbonyl (C=O) groups excluding carboxylic acids is 3. The number of benzene rings is 3. The molecule has 252 valence electrons. The molecule has 2 aliphatic carbocycles. The lowest BCUT2D eigenvalue weighted by Gasteiger charge is -2.50. The van der Waals surface area contributed by atoms with Gasteiger partial charge < -0.3 is 19.9 Å². The summed E-state index contributed by atoms with van der Waals surface area (Å²) < 4.78 is 6.07. The summed E-state index contributed by atoms with van der Waals surface area (Å²) in [5.74, 6) is 1.17. The molecule has 1 saturated carbocycles. The number of hydrogen-bond donors (Lipinski definition) is 1. The molecule has 3 aromatic carbocycles. The maximum atomic E-state index is 14.9. The number of amides is 3. The maximum absolute atomic E-state index is 14.9. The van der Waals surface area contributed by atoms with E-state index in [1.54, 1.807) is 9.80 Å². The Morgan fingerprint density at radius 2 is 1.57 bits per heavy atom. The van der Waals surface area contributed by atoms with Gasteiger partial charge in [0.15, 0.2) is 0 Å². The highest BCUT2D eigenvalue weighted by atomic mass is 16.5. The number of hydrogen-bond acceptors (Lipinski definition) is 4. The van der Waals surface area contributed by atoms with Crippen molar-refractivity contribution in [2.75, 3.05) is 6.54 Å². The van der Waals surface area contributed by atoms with Crippen LogP contribution in [0.4, 0.5) is 0 Å². The van der Waals surface area contributed by atoms with Gasteiger partial charge in [-0.1, -0.05) is 117 Å². The quantitative estimate of drug-likeness (QED) is 0.258. The molecule has 2 heterocycles. The molecule has 7 nitrogen and oxygen atoms in total. The molecule has 1 N–H and O–H groups in total. The zero-order chi connectivity index (χ0) is 33.7. The van der Waals surface area contributed by atoms with E-state index in [9.17, 15) is 14.4 Å². The highest BCUT2D eigenvalue weighted by Gasteiger charge is 2.51. The number of nitrogens with one attached hydrogen (secondary N) is 1. The van der Waals surface area contributed by atoms with Crippen LogP contribution >= 0.6 is 0 Å². The van der Waals surface area contributed by atoms with Gasteiger partial charge in [0.1, 0.15) is 29.6 Å². The summed E-state index contributed by atoms with van der Waals surface area (Å²) in [6.45, 7) is 2.82. The first kappa shape index (κ1) is 32.6. The summed E-state index contributed by atoms with van der Waals surface area (Å²) in [7, 11) is 0. The first-order valence-electron chi connectivity index (χ1n) is 17.8. The van der Waals surface area contributed by atoms with Crippen molar-refractivity contribution in [2.45, 2.75) is 83.0 Å². The fourth-order valence-electron chi connectivity index (χ4n) is 7.85. The Labute approximate surface area is 289 Å². The molecular weight excluding hydrogens is 610 g/mol. The molecule has 7 rings (SSSR count). The van der Waals surface area contributed by atoms with Gasteiger partial charge in [0.25, 0.3) is 0 Å². The third kappa shape index (κ3) is 7.26. The zero-order valence-corrected chi connectivity index (χ0v) is 28.2. The molecule has 1 unspecified atom stereocenters. The SMILES string of the molecule is CC1=CC=C(CNC(=O)C(c2ccc(Oc3ccccc3)cc2)N2C(=O)[C@@H]3Cc4ccccc4CN3C(=O)[C@@H]2CC2CCCCC2)CC=C1. The first-order valence-corrected chi connectivity index (χ1v) is 17.8. The molecule has 4 aliphatic rings. The van der Waals surface area contributed by atoms with Crippen molar-refractivity contribution < 1.29 is 19.1 Å². The van der Waals surface area contributed by atoms with Crippen LogP contribution in [0, 0.1) is 5.92 Å². The molecule has 3 atom stereocenters. The predicted molar refractivity (Wildman–Crippen MR) is 191 cm³/mol. The maximum Gasteiger partial charge on any atom is 0.247 e. The average molecular weight is 656 g/mol. The van der Waals surface area contributed by atoms with Crippen LogP contribution in [0.25, 0.3) is 0 Å². The van der Waals surface area contributed by atoms with Crippen molar-refractivity contribution in [2.24, 2.45) is 5.92 Å². The van der Waals surface area contributed by atoms with Crippen LogP contribution in [-0.4, -0.2) is 46.1 Å². The number of para-hydroxylation sites is 1. The molecule has 0 bridgehead atoms. The van der Waals surface area contributed by atoms with Crippen LogP contribution in [0.5, 0.6) is 11.5 Å². The second-order valence-electron chi connectivity index (χ2n) is 13.9. The predicted octanol–water partition coefficient (Wildman–Crippen LogP) is 7.60. The van der Waals surface area contributed by atoms with Crippen LogP contribution in [0.2, 0.25) is 0 Å². The van der Waals surface area contributed by atoms with Crippen LogP contribution < -0.4 is 10.1 Å². The number of carbonyl (C=O) groups is 3. The van der Waals surface area contributed by atoms with Crippen molar-refractivity contribution in [1.82, 2.24) is 15.1 Å². The summed E-state index contributed by atoms with van der Waals surface area (Å²) in [5.41, 5.74) is 5.04.